The fourth-order valence-electron chi connectivity index (χ4n) is 0.585. The Bertz CT molecular complexity index is 236. The molecule has 0 radical (unpaired) electrons. The van der Waals surface area contributed by atoms with E-state index in [1.807, 2.05) is 13.1 Å². The molecule has 0 unspecified atom stereocenters. The predicted octanol–water partition coefficient (Wildman–Crippen LogP) is 1.31. The van der Waals surface area contributed by atoms with Crippen LogP contribution >= 0.6 is 22.6 Å². The van der Waals surface area contributed by atoms with Crippen LogP contribution in [-0.2, 0) is 0 Å². The van der Waals surface area contributed by atoms with E-state index in [4.69, 9.17) is 5.73 Å². The van der Waals surface area contributed by atoms with E-state index in [0.29, 0.717) is 5.82 Å². The molecule has 3 nitrogen and oxygen atoms in total. The van der Waals surface area contributed by atoms with Gasteiger partial charge in [-0.15, -0.1) is 0 Å². The zero-order chi connectivity index (χ0) is 7.56. The first kappa shape index (κ1) is 7.59. The number of nitrogens with zero attached hydrogens (tertiary/aromatic N) is 1. The molecule has 0 atom stereocenters. The third-order valence-corrected chi connectivity index (χ3v) is 2.02. The largest absolute Gasteiger partial charge is 0.387 e. The van der Waals surface area contributed by atoms with Gasteiger partial charge in [-0.3, -0.25) is 0 Å². The Balaban J connectivity index is 3.04. The molecule has 0 aromatic carbocycles. The van der Waals surface area contributed by atoms with Crippen LogP contribution in [0.2, 0.25) is 0 Å². The lowest BCUT2D eigenvalue weighted by atomic mass is 10.4. The van der Waals surface area contributed by atoms with Crippen molar-refractivity contribution in [1.29, 1.82) is 0 Å². The monoisotopic (exact) mass is 249 g/mol. The highest BCUT2D eigenvalue weighted by molar-refractivity contribution is 14.1. The molecule has 0 aliphatic rings. The van der Waals surface area contributed by atoms with Gasteiger partial charge in [0.05, 0.1) is 15.5 Å². The third kappa shape index (κ3) is 1.50. The van der Waals surface area contributed by atoms with Gasteiger partial charge < -0.3 is 11.1 Å². The van der Waals surface area contributed by atoms with E-state index in [-0.39, 0.29) is 0 Å². The number of nitrogens with two attached hydrogens (primary N) is 1. The maximum Gasteiger partial charge on any atom is 0.136 e. The van der Waals surface area contributed by atoms with Gasteiger partial charge in [-0.1, -0.05) is 0 Å². The predicted molar refractivity (Wildman–Crippen MR) is 50.9 cm³/mol. The van der Waals surface area contributed by atoms with Gasteiger partial charge in [0.15, 0.2) is 0 Å². The Morgan fingerprint density at radius 3 is 2.90 bits per heavy atom. The highest BCUT2D eigenvalue weighted by Crippen LogP contribution is 2.15. The minimum Gasteiger partial charge on any atom is -0.387 e. The first-order valence-electron chi connectivity index (χ1n) is 2.83. The number of rotatable bonds is 1. The minimum atomic E-state index is 0.583. The lowest BCUT2D eigenvalue weighted by molar-refractivity contribution is 1.30. The van der Waals surface area contributed by atoms with E-state index in [0.717, 1.165) is 9.26 Å². The number of aromatic nitrogens is 1. The molecule has 0 saturated carbocycles. The molecular weight excluding hydrogens is 241 g/mol. The number of nitrogens with one attached hydrogen (secondary N) is 1. The topological polar surface area (TPSA) is 50.9 Å². The Kier molecular flexibility index (Phi) is 2.31. The zero-order valence-electron chi connectivity index (χ0n) is 5.56. The summed E-state index contributed by atoms with van der Waals surface area (Å²) < 4.78 is 0.976. The van der Waals surface area contributed by atoms with Crippen molar-refractivity contribution in [3.63, 3.8) is 0 Å². The molecule has 1 heterocycles. The number of hydrogen-bond acceptors (Lipinski definition) is 3. The quantitative estimate of drug-likeness (QED) is 0.738. The number of pyridine rings is 1. The second-order valence-electron chi connectivity index (χ2n) is 1.84. The van der Waals surface area contributed by atoms with Crippen LogP contribution in [0, 0.1) is 3.57 Å². The van der Waals surface area contributed by atoms with Gasteiger partial charge in [0.2, 0.25) is 0 Å². The van der Waals surface area contributed by atoms with Crippen LogP contribution in [-0.4, -0.2) is 12.0 Å². The minimum absolute atomic E-state index is 0.583. The molecule has 0 aliphatic heterocycles. The number of hydrogen-bond donors (Lipinski definition) is 2. The summed E-state index contributed by atoms with van der Waals surface area (Å²) in [5.41, 5.74) is 6.48. The van der Waals surface area contributed by atoms with Crippen LogP contribution in [0.5, 0.6) is 0 Å². The normalized spacial score (nSPS) is 9.40. The lowest BCUT2D eigenvalue weighted by Crippen LogP contribution is -1.96. The summed E-state index contributed by atoms with van der Waals surface area (Å²) in [6, 6.07) is 1.95. The molecule has 0 fully saturated rings. The Labute approximate surface area is 73.2 Å². The van der Waals surface area contributed by atoms with Crippen molar-refractivity contribution in [2.45, 2.75) is 0 Å². The average Bonchev–Trinajstić information content (AvgIpc) is 1.95. The Hall–Kier alpha value is -0.520. The molecule has 0 aliphatic carbocycles. The highest BCUT2D eigenvalue weighted by atomic mass is 127. The molecule has 0 amide bonds. The second-order valence-corrected chi connectivity index (χ2v) is 3.00. The summed E-state index contributed by atoms with van der Waals surface area (Å²) in [5.74, 6) is 0.583. The highest BCUT2D eigenvalue weighted by Gasteiger charge is 1.95. The first-order chi connectivity index (χ1) is 4.74. The summed E-state index contributed by atoms with van der Waals surface area (Å²) in [6.45, 7) is 0. The molecule has 1 rings (SSSR count). The van der Waals surface area contributed by atoms with Gasteiger partial charge in [0, 0.05) is 7.05 Å². The molecule has 1 aromatic rings. The summed E-state index contributed by atoms with van der Waals surface area (Å²) in [5, 5.41) is 2.97. The van der Waals surface area contributed by atoms with Crippen LogP contribution in [0.3, 0.4) is 0 Å². The smallest absolute Gasteiger partial charge is 0.136 e. The fourth-order valence-corrected chi connectivity index (χ4v) is 1.06. The molecular formula is C6H8IN3. The number of nitrogen functional groups attached to an aromatic ring is 1. The van der Waals surface area contributed by atoms with Crippen molar-refractivity contribution < 1.29 is 0 Å². The van der Waals surface area contributed by atoms with E-state index in [1.54, 1.807) is 6.20 Å². The molecule has 4 heteroatoms. The van der Waals surface area contributed by atoms with Crippen LogP contribution in [0.4, 0.5) is 11.5 Å². The summed E-state index contributed by atoms with van der Waals surface area (Å²) in [4.78, 5) is 3.96. The van der Waals surface area contributed by atoms with E-state index < -0.39 is 0 Å². The van der Waals surface area contributed by atoms with Gasteiger partial charge in [0.25, 0.3) is 0 Å². The van der Waals surface area contributed by atoms with Crippen molar-refractivity contribution in [3.05, 3.63) is 15.8 Å². The number of halogens is 1. The molecule has 0 saturated heterocycles. The summed E-state index contributed by atoms with van der Waals surface area (Å²) in [7, 11) is 1.85. The molecule has 54 valence electrons. The van der Waals surface area contributed by atoms with Crippen molar-refractivity contribution in [2.24, 2.45) is 0 Å². The zero-order valence-corrected chi connectivity index (χ0v) is 7.71. The second kappa shape index (κ2) is 3.05. The number of anilines is 2. The van der Waals surface area contributed by atoms with Crippen molar-refractivity contribution >= 4 is 34.1 Å². The van der Waals surface area contributed by atoms with E-state index in [9.17, 15) is 0 Å². The maximum atomic E-state index is 5.50. The standard InChI is InChI=1S/C6H8IN3/c1-9-4-2-5(7)6(8)10-3-4/h2-3,9H,1H3,(H2,8,10). The molecule has 10 heavy (non-hydrogen) atoms. The van der Waals surface area contributed by atoms with Gasteiger partial charge in [0.1, 0.15) is 5.82 Å². The van der Waals surface area contributed by atoms with Crippen molar-refractivity contribution in [1.82, 2.24) is 4.98 Å². The molecule has 0 bridgehead atoms. The van der Waals surface area contributed by atoms with Crippen LogP contribution in [0.1, 0.15) is 0 Å². The van der Waals surface area contributed by atoms with Crippen LogP contribution in [0.15, 0.2) is 12.3 Å². The lowest BCUT2D eigenvalue weighted by Gasteiger charge is -2.00. The summed E-state index contributed by atoms with van der Waals surface area (Å²) >= 11 is 2.15. The fraction of sp³-hybridized carbons (Fsp3) is 0.167. The Morgan fingerprint density at radius 2 is 2.40 bits per heavy atom. The van der Waals surface area contributed by atoms with E-state index >= 15 is 0 Å². The SMILES string of the molecule is CNc1cnc(N)c(I)c1. The van der Waals surface area contributed by atoms with E-state index in [2.05, 4.69) is 32.9 Å². The van der Waals surface area contributed by atoms with Crippen molar-refractivity contribution in [3.8, 4) is 0 Å². The van der Waals surface area contributed by atoms with Gasteiger partial charge >= 0.3 is 0 Å². The van der Waals surface area contributed by atoms with Crippen LogP contribution < -0.4 is 11.1 Å². The molecule has 1 aromatic heterocycles. The van der Waals surface area contributed by atoms with Gasteiger partial charge in [-0.05, 0) is 28.7 Å². The van der Waals surface area contributed by atoms with Gasteiger partial charge in [-0.2, -0.15) is 0 Å². The average molecular weight is 249 g/mol. The van der Waals surface area contributed by atoms with Crippen LogP contribution in [0.25, 0.3) is 0 Å². The summed E-state index contributed by atoms with van der Waals surface area (Å²) in [6.07, 6.45) is 1.71. The third-order valence-electron chi connectivity index (χ3n) is 1.16. The van der Waals surface area contributed by atoms with E-state index in [1.165, 1.54) is 0 Å². The Morgan fingerprint density at radius 1 is 1.70 bits per heavy atom. The first-order valence-corrected chi connectivity index (χ1v) is 3.90. The van der Waals surface area contributed by atoms with Gasteiger partial charge in [-0.25, -0.2) is 4.98 Å². The molecule has 0 spiro atoms. The molecule has 3 N–H and O–H groups in total. The van der Waals surface area contributed by atoms with Crippen molar-refractivity contribution in [2.75, 3.05) is 18.1 Å². The maximum absolute atomic E-state index is 5.50.